The fraction of sp³-hybridized carbons (Fsp3) is 0.462. The molecule has 1 aromatic rings. The number of benzene rings is 1. The van der Waals surface area contributed by atoms with E-state index in [1.807, 2.05) is 11.6 Å². The summed E-state index contributed by atoms with van der Waals surface area (Å²) in [6, 6.07) is 1.71. The summed E-state index contributed by atoms with van der Waals surface area (Å²) in [6.07, 6.45) is 1.34. The van der Waals surface area contributed by atoms with Gasteiger partial charge in [-0.25, -0.2) is 21.9 Å². The third kappa shape index (κ3) is 5.39. The lowest BCUT2D eigenvalue weighted by atomic mass is 10.1. The molecule has 0 aliphatic carbocycles. The van der Waals surface area contributed by atoms with E-state index in [0.29, 0.717) is 12.8 Å². The molecular formula is C13H17F2NO4S. The van der Waals surface area contributed by atoms with Crippen LogP contribution in [0.1, 0.15) is 31.7 Å². The third-order valence-electron chi connectivity index (χ3n) is 2.86. The van der Waals surface area contributed by atoms with Crippen LogP contribution in [-0.4, -0.2) is 25.5 Å². The lowest BCUT2D eigenvalue weighted by Crippen LogP contribution is -2.41. The van der Waals surface area contributed by atoms with Crippen molar-refractivity contribution >= 4 is 16.0 Å². The van der Waals surface area contributed by atoms with Crippen molar-refractivity contribution in [2.24, 2.45) is 0 Å². The minimum absolute atomic E-state index is 0.116. The average molecular weight is 321 g/mol. The SMILES string of the molecule is CCCC[C@H](NS(=O)(=O)Cc1c(F)cccc1F)C(=O)O. The predicted octanol–water partition coefficient (Wildman–Crippen LogP) is 2.03. The summed E-state index contributed by atoms with van der Waals surface area (Å²) in [4.78, 5) is 11.0. The van der Waals surface area contributed by atoms with Gasteiger partial charge >= 0.3 is 5.97 Å². The Morgan fingerprint density at radius 1 is 1.33 bits per heavy atom. The molecule has 118 valence electrons. The molecule has 21 heavy (non-hydrogen) atoms. The second-order valence-corrected chi connectivity index (χ2v) is 6.36. The Kier molecular flexibility index (Phi) is 6.22. The summed E-state index contributed by atoms with van der Waals surface area (Å²) in [6.45, 7) is 1.84. The lowest BCUT2D eigenvalue weighted by Gasteiger charge is -2.14. The minimum Gasteiger partial charge on any atom is -0.480 e. The molecular weight excluding hydrogens is 304 g/mol. The Balaban J connectivity index is 2.88. The summed E-state index contributed by atoms with van der Waals surface area (Å²) >= 11 is 0. The summed E-state index contributed by atoms with van der Waals surface area (Å²) in [7, 11) is -4.17. The maximum Gasteiger partial charge on any atom is 0.321 e. The number of unbranched alkanes of at least 4 members (excludes halogenated alkanes) is 1. The second-order valence-electron chi connectivity index (χ2n) is 4.61. The molecule has 0 aliphatic heterocycles. The van der Waals surface area contributed by atoms with Crippen molar-refractivity contribution in [3.05, 3.63) is 35.4 Å². The molecule has 0 saturated heterocycles. The lowest BCUT2D eigenvalue weighted by molar-refractivity contribution is -0.139. The van der Waals surface area contributed by atoms with Crippen molar-refractivity contribution in [3.8, 4) is 0 Å². The summed E-state index contributed by atoms with van der Waals surface area (Å²) in [5, 5.41) is 8.96. The van der Waals surface area contributed by atoms with Crippen LogP contribution in [0.2, 0.25) is 0 Å². The van der Waals surface area contributed by atoms with E-state index in [-0.39, 0.29) is 6.42 Å². The highest BCUT2D eigenvalue weighted by Crippen LogP contribution is 2.15. The largest absolute Gasteiger partial charge is 0.480 e. The van der Waals surface area contributed by atoms with Crippen LogP contribution in [0.4, 0.5) is 8.78 Å². The maximum absolute atomic E-state index is 13.4. The van der Waals surface area contributed by atoms with Crippen molar-refractivity contribution in [2.45, 2.75) is 38.0 Å². The van der Waals surface area contributed by atoms with Gasteiger partial charge in [-0.3, -0.25) is 4.79 Å². The number of halogens is 2. The van der Waals surface area contributed by atoms with E-state index in [1.165, 1.54) is 0 Å². The molecule has 0 bridgehead atoms. The molecule has 0 saturated carbocycles. The van der Waals surface area contributed by atoms with Crippen LogP contribution >= 0.6 is 0 Å². The summed E-state index contributed by atoms with van der Waals surface area (Å²) in [5.41, 5.74) is -0.607. The van der Waals surface area contributed by atoms with Gasteiger partial charge in [-0.1, -0.05) is 25.8 Å². The molecule has 0 unspecified atom stereocenters. The highest BCUT2D eigenvalue weighted by molar-refractivity contribution is 7.88. The number of carbonyl (C=O) groups is 1. The van der Waals surface area contributed by atoms with Gasteiger partial charge in [0, 0.05) is 5.56 Å². The number of hydrogen-bond acceptors (Lipinski definition) is 3. The van der Waals surface area contributed by atoms with E-state index < -0.39 is 45.0 Å². The molecule has 0 heterocycles. The minimum atomic E-state index is -4.17. The number of rotatable bonds is 8. The standard InChI is InChI=1S/C13H17F2NO4S/c1-2-3-7-12(13(17)18)16-21(19,20)8-9-10(14)5-4-6-11(9)15/h4-6,12,16H,2-3,7-8H2,1H3,(H,17,18)/t12-/m0/s1. The molecule has 5 nitrogen and oxygen atoms in total. The number of hydrogen-bond donors (Lipinski definition) is 2. The zero-order valence-corrected chi connectivity index (χ0v) is 12.3. The molecule has 8 heteroatoms. The molecule has 1 atom stereocenters. The van der Waals surface area contributed by atoms with Gasteiger partial charge in [-0.2, -0.15) is 0 Å². The Morgan fingerprint density at radius 2 is 1.90 bits per heavy atom. The Morgan fingerprint density at radius 3 is 2.38 bits per heavy atom. The monoisotopic (exact) mass is 321 g/mol. The van der Waals surface area contributed by atoms with Crippen LogP contribution in [0.3, 0.4) is 0 Å². The average Bonchev–Trinajstić information content (AvgIpc) is 2.39. The fourth-order valence-electron chi connectivity index (χ4n) is 1.76. The van der Waals surface area contributed by atoms with E-state index in [2.05, 4.69) is 0 Å². The van der Waals surface area contributed by atoms with Crippen molar-refractivity contribution in [3.63, 3.8) is 0 Å². The van der Waals surface area contributed by atoms with Gasteiger partial charge in [0.15, 0.2) is 0 Å². The first-order valence-corrected chi connectivity index (χ1v) is 8.07. The molecule has 0 fully saturated rings. The van der Waals surface area contributed by atoms with Gasteiger partial charge in [0.2, 0.25) is 10.0 Å². The van der Waals surface area contributed by atoms with Crippen LogP contribution in [0, 0.1) is 11.6 Å². The van der Waals surface area contributed by atoms with Gasteiger partial charge in [0.25, 0.3) is 0 Å². The van der Waals surface area contributed by atoms with Crippen LogP contribution < -0.4 is 4.72 Å². The Hall–Kier alpha value is -1.54. The molecule has 0 spiro atoms. The number of sulfonamides is 1. The molecule has 1 aromatic carbocycles. The molecule has 0 radical (unpaired) electrons. The Bertz CT molecular complexity index is 584. The Labute approximate surface area is 122 Å². The topological polar surface area (TPSA) is 83.5 Å². The smallest absolute Gasteiger partial charge is 0.321 e. The van der Waals surface area contributed by atoms with Gasteiger partial charge < -0.3 is 5.11 Å². The molecule has 0 aliphatic rings. The highest BCUT2D eigenvalue weighted by atomic mass is 32.2. The molecule has 0 amide bonds. The van der Waals surface area contributed by atoms with Crippen LogP contribution in [-0.2, 0) is 20.6 Å². The zero-order valence-electron chi connectivity index (χ0n) is 11.5. The van der Waals surface area contributed by atoms with Crippen LogP contribution in [0.25, 0.3) is 0 Å². The van der Waals surface area contributed by atoms with E-state index in [4.69, 9.17) is 5.11 Å². The van der Waals surface area contributed by atoms with E-state index in [0.717, 1.165) is 18.2 Å². The number of carboxylic acid groups (broad SMARTS) is 1. The molecule has 0 aromatic heterocycles. The quantitative estimate of drug-likeness (QED) is 0.767. The molecule has 2 N–H and O–H groups in total. The van der Waals surface area contributed by atoms with Crippen molar-refractivity contribution in [1.82, 2.24) is 4.72 Å². The number of carboxylic acids is 1. The number of nitrogens with one attached hydrogen (secondary N) is 1. The third-order valence-corrected chi connectivity index (χ3v) is 4.17. The van der Waals surface area contributed by atoms with E-state index in [9.17, 15) is 22.0 Å². The first-order chi connectivity index (χ1) is 9.76. The van der Waals surface area contributed by atoms with Gasteiger partial charge in [0.1, 0.15) is 17.7 Å². The highest BCUT2D eigenvalue weighted by Gasteiger charge is 2.25. The first-order valence-electron chi connectivity index (χ1n) is 6.42. The van der Waals surface area contributed by atoms with E-state index >= 15 is 0 Å². The van der Waals surface area contributed by atoms with Crippen molar-refractivity contribution < 1.29 is 27.1 Å². The van der Waals surface area contributed by atoms with Gasteiger partial charge in [0.05, 0.1) is 5.75 Å². The van der Waals surface area contributed by atoms with Crippen molar-refractivity contribution in [2.75, 3.05) is 0 Å². The normalized spacial score (nSPS) is 13.1. The summed E-state index contributed by atoms with van der Waals surface area (Å²) < 4.78 is 52.6. The number of aliphatic carboxylic acids is 1. The second kappa shape index (κ2) is 7.46. The maximum atomic E-state index is 13.4. The van der Waals surface area contributed by atoms with E-state index in [1.54, 1.807) is 0 Å². The van der Waals surface area contributed by atoms with Gasteiger partial charge in [-0.15, -0.1) is 0 Å². The van der Waals surface area contributed by atoms with Crippen molar-refractivity contribution in [1.29, 1.82) is 0 Å². The van der Waals surface area contributed by atoms with Gasteiger partial charge in [-0.05, 0) is 18.6 Å². The van der Waals surface area contributed by atoms with Crippen LogP contribution in [0.5, 0.6) is 0 Å². The molecule has 1 rings (SSSR count). The fourth-order valence-corrected chi connectivity index (χ4v) is 3.15. The first kappa shape index (κ1) is 17.5. The summed E-state index contributed by atoms with van der Waals surface area (Å²) in [5.74, 6) is -4.23. The van der Waals surface area contributed by atoms with Crippen LogP contribution in [0.15, 0.2) is 18.2 Å². The zero-order chi connectivity index (χ0) is 16.0. The predicted molar refractivity (Wildman–Crippen MR) is 73.1 cm³/mol.